The van der Waals surface area contributed by atoms with E-state index in [4.69, 9.17) is 11.6 Å². The Balaban J connectivity index is 1.71. The number of halogens is 1. The van der Waals surface area contributed by atoms with Crippen LogP contribution in [0.2, 0.25) is 5.02 Å². The maximum absolute atomic E-state index is 13.0. The number of hydrogen-bond donors (Lipinski definition) is 0. The van der Waals surface area contributed by atoms with Crippen molar-refractivity contribution in [2.75, 3.05) is 0 Å². The van der Waals surface area contributed by atoms with Crippen molar-refractivity contribution in [3.05, 3.63) is 93.1 Å². The maximum Gasteiger partial charge on any atom is 0.274 e. The highest BCUT2D eigenvalue weighted by Crippen LogP contribution is 2.34. The molecule has 0 N–H and O–H groups in total. The summed E-state index contributed by atoms with van der Waals surface area (Å²) < 4.78 is 0. The van der Waals surface area contributed by atoms with E-state index in [0.29, 0.717) is 17.0 Å². The van der Waals surface area contributed by atoms with Gasteiger partial charge in [-0.3, -0.25) is 4.79 Å². The standard InChI is InChI=1S/C20H15ClN2OS/c21-16-10-8-15(9-11-16)20(24)23-18(14-5-2-1-3-6-14)13-17(22-23)19-7-4-12-25-19/h1-12,18H,13H2/t18-/m0/s1. The largest absolute Gasteiger partial charge is 0.274 e. The summed E-state index contributed by atoms with van der Waals surface area (Å²) in [5.74, 6) is -0.114. The van der Waals surface area contributed by atoms with Crippen LogP contribution in [0, 0.1) is 0 Å². The number of hydrazone groups is 1. The van der Waals surface area contributed by atoms with Crippen LogP contribution in [0.15, 0.2) is 77.2 Å². The SMILES string of the molecule is O=C(c1ccc(Cl)cc1)N1N=C(c2cccs2)C[C@H]1c1ccccc1. The van der Waals surface area contributed by atoms with Crippen LogP contribution in [0.4, 0.5) is 0 Å². The Labute approximate surface area is 155 Å². The molecular weight excluding hydrogens is 352 g/mol. The highest BCUT2D eigenvalue weighted by Gasteiger charge is 2.33. The maximum atomic E-state index is 13.0. The molecule has 4 rings (SSSR count). The van der Waals surface area contributed by atoms with Gasteiger partial charge in [0.25, 0.3) is 5.91 Å². The monoisotopic (exact) mass is 366 g/mol. The van der Waals surface area contributed by atoms with Gasteiger partial charge in [-0.05, 0) is 41.3 Å². The molecule has 2 heterocycles. The minimum Gasteiger partial charge on any atom is -0.267 e. The first kappa shape index (κ1) is 16.1. The molecule has 3 nitrogen and oxygen atoms in total. The van der Waals surface area contributed by atoms with Crippen LogP contribution in [0.25, 0.3) is 0 Å². The first-order valence-electron chi connectivity index (χ1n) is 7.98. The summed E-state index contributed by atoms with van der Waals surface area (Å²) in [7, 11) is 0. The molecule has 0 unspecified atom stereocenters. The molecule has 0 fully saturated rings. The van der Waals surface area contributed by atoms with Crippen LogP contribution >= 0.6 is 22.9 Å². The number of nitrogens with zero attached hydrogens (tertiary/aromatic N) is 2. The number of benzene rings is 2. The Hall–Kier alpha value is -2.43. The lowest BCUT2D eigenvalue weighted by atomic mass is 10.0. The molecule has 0 saturated heterocycles. The van der Waals surface area contributed by atoms with Crippen molar-refractivity contribution in [3.63, 3.8) is 0 Å². The van der Waals surface area contributed by atoms with Crippen LogP contribution in [0.5, 0.6) is 0 Å². The molecule has 0 aliphatic carbocycles. The second-order valence-corrected chi connectivity index (χ2v) is 7.20. The molecule has 3 aromatic rings. The molecule has 1 atom stereocenters. The Morgan fingerprint density at radius 2 is 1.80 bits per heavy atom. The van der Waals surface area contributed by atoms with E-state index in [2.05, 4.69) is 5.10 Å². The third kappa shape index (κ3) is 3.23. The lowest BCUT2D eigenvalue weighted by Gasteiger charge is -2.22. The van der Waals surface area contributed by atoms with Gasteiger partial charge in [-0.2, -0.15) is 5.10 Å². The number of carbonyl (C=O) groups excluding carboxylic acids is 1. The van der Waals surface area contributed by atoms with E-state index in [1.165, 1.54) is 0 Å². The van der Waals surface area contributed by atoms with Gasteiger partial charge in [0.15, 0.2) is 0 Å². The smallest absolute Gasteiger partial charge is 0.267 e. The summed E-state index contributed by atoms with van der Waals surface area (Å²) >= 11 is 7.58. The molecule has 0 radical (unpaired) electrons. The Kier molecular flexibility index (Phi) is 4.38. The minimum atomic E-state index is -0.114. The fourth-order valence-electron chi connectivity index (χ4n) is 2.95. The number of hydrogen-bond acceptors (Lipinski definition) is 3. The first-order chi connectivity index (χ1) is 12.2. The molecule has 5 heteroatoms. The summed E-state index contributed by atoms with van der Waals surface area (Å²) in [6.45, 7) is 0. The van der Waals surface area contributed by atoms with E-state index >= 15 is 0 Å². The second-order valence-electron chi connectivity index (χ2n) is 5.81. The Morgan fingerprint density at radius 3 is 2.48 bits per heavy atom. The van der Waals surface area contributed by atoms with E-state index in [1.807, 2.05) is 47.8 Å². The summed E-state index contributed by atoms with van der Waals surface area (Å²) in [4.78, 5) is 14.1. The van der Waals surface area contributed by atoms with Crippen molar-refractivity contribution in [2.24, 2.45) is 5.10 Å². The average molecular weight is 367 g/mol. The number of thiophene rings is 1. The molecule has 1 aliphatic heterocycles. The Morgan fingerprint density at radius 1 is 1.04 bits per heavy atom. The van der Waals surface area contributed by atoms with Gasteiger partial charge < -0.3 is 0 Å². The van der Waals surface area contributed by atoms with Gasteiger partial charge in [-0.25, -0.2) is 5.01 Å². The van der Waals surface area contributed by atoms with E-state index < -0.39 is 0 Å². The molecule has 0 spiro atoms. The molecule has 2 aromatic carbocycles. The van der Waals surface area contributed by atoms with E-state index in [1.54, 1.807) is 40.6 Å². The fraction of sp³-hybridized carbons (Fsp3) is 0.100. The lowest BCUT2D eigenvalue weighted by molar-refractivity contribution is 0.0711. The third-order valence-corrected chi connectivity index (χ3v) is 5.37. The fourth-order valence-corrected chi connectivity index (χ4v) is 3.80. The minimum absolute atomic E-state index is 0.0959. The van der Waals surface area contributed by atoms with Crippen molar-refractivity contribution >= 4 is 34.6 Å². The van der Waals surface area contributed by atoms with Crippen molar-refractivity contribution in [1.29, 1.82) is 0 Å². The van der Waals surface area contributed by atoms with Gasteiger partial charge in [-0.15, -0.1) is 11.3 Å². The predicted molar refractivity (Wildman–Crippen MR) is 102 cm³/mol. The molecule has 1 aliphatic rings. The summed E-state index contributed by atoms with van der Waals surface area (Å²) in [6, 6.07) is 20.9. The zero-order valence-corrected chi connectivity index (χ0v) is 14.9. The summed E-state index contributed by atoms with van der Waals surface area (Å²) in [5, 5.41) is 8.91. The van der Waals surface area contributed by atoms with Gasteiger partial charge in [0, 0.05) is 17.0 Å². The van der Waals surface area contributed by atoms with Crippen molar-refractivity contribution < 1.29 is 4.79 Å². The molecule has 25 heavy (non-hydrogen) atoms. The highest BCUT2D eigenvalue weighted by atomic mass is 35.5. The topological polar surface area (TPSA) is 32.7 Å². The predicted octanol–water partition coefficient (Wildman–Crippen LogP) is 5.39. The van der Waals surface area contributed by atoms with Crippen LogP contribution in [-0.2, 0) is 0 Å². The van der Waals surface area contributed by atoms with Crippen LogP contribution < -0.4 is 0 Å². The molecular formula is C20H15ClN2OS. The van der Waals surface area contributed by atoms with Crippen LogP contribution in [-0.4, -0.2) is 16.6 Å². The zero-order valence-electron chi connectivity index (χ0n) is 13.3. The Bertz CT molecular complexity index is 905. The van der Waals surface area contributed by atoms with Crippen molar-refractivity contribution in [2.45, 2.75) is 12.5 Å². The number of amides is 1. The summed E-state index contributed by atoms with van der Waals surface area (Å²) in [5.41, 5.74) is 2.62. The van der Waals surface area contributed by atoms with Gasteiger partial charge in [0.2, 0.25) is 0 Å². The van der Waals surface area contributed by atoms with Crippen molar-refractivity contribution in [1.82, 2.24) is 5.01 Å². The molecule has 0 bridgehead atoms. The molecule has 1 amide bonds. The quantitative estimate of drug-likeness (QED) is 0.611. The molecule has 0 saturated carbocycles. The lowest BCUT2D eigenvalue weighted by Crippen LogP contribution is -2.27. The highest BCUT2D eigenvalue weighted by molar-refractivity contribution is 7.12. The molecule has 124 valence electrons. The summed E-state index contributed by atoms with van der Waals surface area (Å²) in [6.07, 6.45) is 0.712. The van der Waals surface area contributed by atoms with Crippen LogP contribution in [0.1, 0.15) is 33.3 Å². The third-order valence-electron chi connectivity index (χ3n) is 4.20. The molecule has 1 aromatic heterocycles. The normalized spacial score (nSPS) is 16.8. The zero-order chi connectivity index (χ0) is 17.2. The average Bonchev–Trinajstić information content (AvgIpc) is 3.32. The van der Waals surface area contributed by atoms with Crippen LogP contribution in [0.3, 0.4) is 0 Å². The van der Waals surface area contributed by atoms with Gasteiger partial charge in [0.1, 0.15) is 0 Å². The van der Waals surface area contributed by atoms with Gasteiger partial charge >= 0.3 is 0 Å². The second kappa shape index (κ2) is 6.82. The number of carbonyl (C=O) groups is 1. The van der Waals surface area contributed by atoms with E-state index in [0.717, 1.165) is 16.2 Å². The van der Waals surface area contributed by atoms with E-state index in [9.17, 15) is 4.79 Å². The van der Waals surface area contributed by atoms with E-state index in [-0.39, 0.29) is 11.9 Å². The number of rotatable bonds is 3. The van der Waals surface area contributed by atoms with Gasteiger partial charge in [0.05, 0.1) is 16.6 Å². The van der Waals surface area contributed by atoms with Crippen molar-refractivity contribution in [3.8, 4) is 0 Å². The van der Waals surface area contributed by atoms with Gasteiger partial charge in [-0.1, -0.05) is 48.0 Å². The first-order valence-corrected chi connectivity index (χ1v) is 9.23.